The maximum absolute atomic E-state index is 12.9. The summed E-state index contributed by atoms with van der Waals surface area (Å²) in [6.07, 6.45) is 7.37. The third kappa shape index (κ3) is 6.10. The van der Waals surface area contributed by atoms with E-state index < -0.39 is 0 Å². The first-order valence-electron chi connectivity index (χ1n) is 11.3. The molecule has 0 aliphatic carbocycles. The highest BCUT2D eigenvalue weighted by Gasteiger charge is 2.24. The first kappa shape index (κ1) is 24.9. The van der Waals surface area contributed by atoms with Gasteiger partial charge in [-0.25, -0.2) is 9.97 Å². The molecule has 0 spiro atoms. The summed E-state index contributed by atoms with van der Waals surface area (Å²) in [5.74, 6) is 0.547. The molecule has 0 unspecified atom stereocenters. The van der Waals surface area contributed by atoms with Crippen molar-refractivity contribution in [1.29, 1.82) is 0 Å². The monoisotopic (exact) mass is 507 g/mol. The van der Waals surface area contributed by atoms with E-state index in [0.29, 0.717) is 38.2 Å². The minimum Gasteiger partial charge on any atom is -0.494 e. The van der Waals surface area contributed by atoms with Crippen molar-refractivity contribution in [3.8, 4) is 17.0 Å². The molecule has 3 N–H and O–H groups in total. The number of amides is 1. The highest BCUT2D eigenvalue weighted by atomic mass is 32.2. The van der Waals surface area contributed by atoms with Gasteiger partial charge < -0.3 is 15.8 Å². The number of benzene rings is 1. The average Bonchev–Trinajstić information content (AvgIpc) is 3.17. The number of carbonyl (C=O) groups excluding carboxylic acids is 1. The van der Waals surface area contributed by atoms with Crippen molar-refractivity contribution < 1.29 is 9.53 Å². The Kier molecular flexibility index (Phi) is 7.57. The Morgan fingerprint density at radius 2 is 2.03 bits per heavy atom. The number of aryl methyl sites for hydroxylation is 1. The number of rotatable bonds is 8. The SMILES string of the molecule is CSc1nc(-c2cccc(OCCCc3cccnc3)c2)c2c(N)c(C(=O)NC(C)(C)C)sc2n1. The summed E-state index contributed by atoms with van der Waals surface area (Å²) in [6.45, 7) is 6.40. The number of nitrogens with two attached hydrogens (primary N) is 1. The molecule has 0 bridgehead atoms. The number of thioether (sulfide) groups is 1. The quantitative estimate of drug-likeness (QED) is 0.182. The molecule has 0 radical (unpaired) electrons. The lowest BCUT2D eigenvalue weighted by Gasteiger charge is -2.20. The van der Waals surface area contributed by atoms with Gasteiger partial charge in [0.25, 0.3) is 5.91 Å². The summed E-state index contributed by atoms with van der Waals surface area (Å²) in [4.78, 5) is 27.6. The van der Waals surface area contributed by atoms with Gasteiger partial charge in [0, 0.05) is 23.5 Å². The molecule has 0 atom stereocenters. The van der Waals surface area contributed by atoms with Crippen LogP contribution in [0.5, 0.6) is 5.75 Å². The second-order valence-corrected chi connectivity index (χ2v) is 10.9. The number of pyridine rings is 1. The molecular weight excluding hydrogens is 478 g/mol. The minimum atomic E-state index is -0.374. The van der Waals surface area contributed by atoms with E-state index in [9.17, 15) is 4.79 Å². The van der Waals surface area contributed by atoms with Gasteiger partial charge in [0.2, 0.25) is 0 Å². The number of ether oxygens (including phenoxy) is 1. The molecule has 4 rings (SSSR count). The fourth-order valence-corrected chi connectivity index (χ4v) is 5.03. The van der Waals surface area contributed by atoms with E-state index >= 15 is 0 Å². The first-order valence-corrected chi connectivity index (χ1v) is 13.4. The maximum atomic E-state index is 12.9. The predicted octanol–water partition coefficient (Wildman–Crippen LogP) is 5.60. The molecule has 7 nitrogen and oxygen atoms in total. The zero-order valence-electron chi connectivity index (χ0n) is 20.3. The molecule has 1 aromatic carbocycles. The van der Waals surface area contributed by atoms with Gasteiger partial charge in [0.1, 0.15) is 15.5 Å². The van der Waals surface area contributed by atoms with Crippen LogP contribution in [0.3, 0.4) is 0 Å². The van der Waals surface area contributed by atoms with Crippen LogP contribution in [0.15, 0.2) is 53.9 Å². The van der Waals surface area contributed by atoms with Crippen LogP contribution < -0.4 is 15.8 Å². The van der Waals surface area contributed by atoms with Crippen molar-refractivity contribution in [1.82, 2.24) is 20.3 Å². The number of aromatic nitrogens is 3. The fourth-order valence-electron chi connectivity index (χ4n) is 3.61. The van der Waals surface area contributed by atoms with Gasteiger partial charge in [-0.05, 0) is 63.6 Å². The zero-order chi connectivity index (χ0) is 25.0. The maximum Gasteiger partial charge on any atom is 0.263 e. The van der Waals surface area contributed by atoms with Crippen LogP contribution in [0.25, 0.3) is 21.5 Å². The lowest BCUT2D eigenvalue weighted by molar-refractivity contribution is 0.0924. The fraction of sp³-hybridized carbons (Fsp3) is 0.308. The second kappa shape index (κ2) is 10.6. The van der Waals surface area contributed by atoms with Gasteiger partial charge in [-0.15, -0.1) is 11.3 Å². The molecule has 1 amide bonds. The van der Waals surface area contributed by atoms with E-state index in [-0.39, 0.29) is 11.4 Å². The summed E-state index contributed by atoms with van der Waals surface area (Å²) >= 11 is 2.74. The topological polar surface area (TPSA) is 103 Å². The Hall–Kier alpha value is -3.17. The second-order valence-electron chi connectivity index (χ2n) is 9.13. The van der Waals surface area contributed by atoms with Gasteiger partial charge in [0.05, 0.1) is 23.4 Å². The van der Waals surface area contributed by atoms with Crippen LogP contribution >= 0.6 is 23.1 Å². The highest BCUT2D eigenvalue weighted by Crippen LogP contribution is 2.40. The summed E-state index contributed by atoms with van der Waals surface area (Å²) in [6, 6.07) is 11.8. The van der Waals surface area contributed by atoms with Crippen molar-refractivity contribution >= 4 is 44.9 Å². The van der Waals surface area contributed by atoms with Crippen LogP contribution in [0.4, 0.5) is 5.69 Å². The zero-order valence-corrected chi connectivity index (χ0v) is 21.9. The number of fused-ring (bicyclic) bond motifs is 1. The molecule has 0 saturated carbocycles. The molecule has 0 aliphatic rings. The molecule has 182 valence electrons. The van der Waals surface area contributed by atoms with Crippen LogP contribution in [0.2, 0.25) is 0 Å². The van der Waals surface area contributed by atoms with Gasteiger partial charge in [-0.2, -0.15) is 0 Å². The average molecular weight is 508 g/mol. The van der Waals surface area contributed by atoms with Crippen molar-refractivity contribution in [2.75, 3.05) is 18.6 Å². The number of nitrogen functional groups attached to an aromatic ring is 1. The molecule has 3 heterocycles. The molecular formula is C26H29N5O2S2. The minimum absolute atomic E-state index is 0.208. The van der Waals surface area contributed by atoms with E-state index in [1.807, 2.05) is 63.6 Å². The van der Waals surface area contributed by atoms with Gasteiger partial charge >= 0.3 is 0 Å². The Morgan fingerprint density at radius 1 is 1.20 bits per heavy atom. The van der Waals surface area contributed by atoms with Crippen molar-refractivity contribution in [3.05, 3.63) is 59.2 Å². The number of thiophene rings is 1. The van der Waals surface area contributed by atoms with Crippen molar-refractivity contribution in [3.63, 3.8) is 0 Å². The lowest BCUT2D eigenvalue weighted by atomic mass is 10.1. The lowest BCUT2D eigenvalue weighted by Crippen LogP contribution is -2.40. The normalized spacial score (nSPS) is 11.5. The van der Waals surface area contributed by atoms with Gasteiger partial charge in [0.15, 0.2) is 5.16 Å². The Labute approximate surface area is 213 Å². The third-order valence-electron chi connectivity index (χ3n) is 5.15. The summed E-state index contributed by atoms with van der Waals surface area (Å²) in [5, 5.41) is 4.31. The molecule has 0 saturated heterocycles. The number of anilines is 1. The van der Waals surface area contributed by atoms with Crippen LogP contribution in [-0.2, 0) is 6.42 Å². The van der Waals surface area contributed by atoms with Gasteiger partial charge in [-0.1, -0.05) is 30.0 Å². The number of nitrogens with zero attached hydrogens (tertiary/aromatic N) is 3. The van der Waals surface area contributed by atoms with Crippen LogP contribution in [0, 0.1) is 0 Å². The first-order chi connectivity index (χ1) is 16.7. The number of hydrogen-bond donors (Lipinski definition) is 2. The molecule has 0 aliphatic heterocycles. The van der Waals surface area contributed by atoms with Crippen LogP contribution in [-0.4, -0.2) is 39.3 Å². The Bertz CT molecular complexity index is 1330. The largest absolute Gasteiger partial charge is 0.494 e. The molecule has 0 fully saturated rings. The summed E-state index contributed by atoms with van der Waals surface area (Å²) in [5.41, 5.74) is 9.29. The third-order valence-corrected chi connectivity index (χ3v) is 6.80. The molecule has 35 heavy (non-hydrogen) atoms. The highest BCUT2D eigenvalue weighted by molar-refractivity contribution is 7.98. The number of hydrogen-bond acceptors (Lipinski definition) is 8. The molecule has 3 aromatic heterocycles. The van der Waals surface area contributed by atoms with Crippen molar-refractivity contribution in [2.45, 2.75) is 44.3 Å². The number of nitrogens with one attached hydrogen (secondary N) is 1. The number of carbonyl (C=O) groups is 1. The standard InChI is InChI=1S/C26H29N5O2S2/c1-26(2,3)31-23(32)22-20(27)19-21(29-25(34-4)30-24(19)35-22)17-10-5-11-18(14-17)33-13-7-9-16-8-6-12-28-15-16/h5-6,8,10-12,14-15H,7,9,13,27H2,1-4H3,(H,31,32). The van der Waals surface area contributed by atoms with E-state index in [1.54, 1.807) is 6.20 Å². The molecule has 4 aromatic rings. The summed E-state index contributed by atoms with van der Waals surface area (Å²) in [7, 11) is 0. The predicted molar refractivity (Wildman–Crippen MR) is 144 cm³/mol. The Balaban J connectivity index is 1.61. The van der Waals surface area contributed by atoms with E-state index in [4.69, 9.17) is 15.5 Å². The van der Waals surface area contributed by atoms with Crippen LogP contribution in [0.1, 0.15) is 42.4 Å². The van der Waals surface area contributed by atoms with Crippen molar-refractivity contribution in [2.24, 2.45) is 0 Å². The molecule has 9 heteroatoms. The van der Waals surface area contributed by atoms with E-state index in [0.717, 1.165) is 24.2 Å². The Morgan fingerprint density at radius 3 is 2.74 bits per heavy atom. The van der Waals surface area contributed by atoms with E-state index in [2.05, 4.69) is 21.4 Å². The van der Waals surface area contributed by atoms with Gasteiger partial charge in [-0.3, -0.25) is 9.78 Å². The van der Waals surface area contributed by atoms with E-state index in [1.165, 1.54) is 28.7 Å². The smallest absolute Gasteiger partial charge is 0.263 e. The summed E-state index contributed by atoms with van der Waals surface area (Å²) < 4.78 is 6.03.